The third kappa shape index (κ3) is 5.20. The summed E-state index contributed by atoms with van der Waals surface area (Å²) in [6, 6.07) is 14.2. The summed E-state index contributed by atoms with van der Waals surface area (Å²) in [5, 5.41) is 2.32. The maximum Gasteiger partial charge on any atom is 0.293 e. The molecule has 0 bridgehead atoms. The SMILES string of the molecule is CC(=O)c1ccc(NC(=O)CCN2C(=O)S/C(=C\c3cccc(C)c3)C2=O)cc1. The summed E-state index contributed by atoms with van der Waals surface area (Å²) < 4.78 is 0. The van der Waals surface area contributed by atoms with E-state index in [9.17, 15) is 19.2 Å². The second kappa shape index (κ2) is 8.87. The normalized spacial score (nSPS) is 15.1. The van der Waals surface area contributed by atoms with Crippen molar-refractivity contribution in [3.63, 3.8) is 0 Å². The van der Waals surface area contributed by atoms with Gasteiger partial charge >= 0.3 is 0 Å². The lowest BCUT2D eigenvalue weighted by atomic mass is 10.1. The molecule has 0 radical (unpaired) electrons. The number of thioether (sulfide) groups is 1. The molecule has 0 saturated carbocycles. The highest BCUT2D eigenvalue weighted by Crippen LogP contribution is 2.32. The smallest absolute Gasteiger partial charge is 0.293 e. The molecule has 1 aliphatic heterocycles. The highest BCUT2D eigenvalue weighted by molar-refractivity contribution is 8.18. The molecule has 1 fully saturated rings. The number of hydrogen-bond donors (Lipinski definition) is 1. The van der Waals surface area contributed by atoms with Crippen LogP contribution < -0.4 is 5.32 Å². The van der Waals surface area contributed by atoms with Gasteiger partial charge in [0.2, 0.25) is 5.91 Å². The monoisotopic (exact) mass is 408 g/mol. The summed E-state index contributed by atoms with van der Waals surface area (Å²) in [7, 11) is 0. The van der Waals surface area contributed by atoms with Gasteiger partial charge in [-0.25, -0.2) is 0 Å². The van der Waals surface area contributed by atoms with Gasteiger partial charge in [0.15, 0.2) is 5.78 Å². The molecule has 0 unspecified atom stereocenters. The molecule has 2 aromatic rings. The highest BCUT2D eigenvalue weighted by Gasteiger charge is 2.35. The molecule has 0 spiro atoms. The van der Waals surface area contributed by atoms with E-state index in [-0.39, 0.29) is 35.8 Å². The third-order valence-corrected chi connectivity index (χ3v) is 5.26. The number of aryl methyl sites for hydroxylation is 1. The van der Waals surface area contributed by atoms with Gasteiger partial charge in [0.25, 0.3) is 11.1 Å². The number of rotatable bonds is 6. The first-order valence-electron chi connectivity index (χ1n) is 9.06. The van der Waals surface area contributed by atoms with Crippen LogP contribution in [0.1, 0.15) is 34.8 Å². The predicted molar refractivity (Wildman–Crippen MR) is 114 cm³/mol. The summed E-state index contributed by atoms with van der Waals surface area (Å²) in [4.78, 5) is 49.6. The number of Topliss-reactive ketones (excluding diaryl/α,β-unsaturated/α-hetero) is 1. The van der Waals surface area contributed by atoms with E-state index in [0.29, 0.717) is 16.2 Å². The van der Waals surface area contributed by atoms with Crippen molar-refractivity contribution in [3.8, 4) is 0 Å². The average molecular weight is 408 g/mol. The Morgan fingerprint density at radius 3 is 2.48 bits per heavy atom. The Bertz CT molecular complexity index is 1010. The predicted octanol–water partition coefficient (Wildman–Crippen LogP) is 4.26. The lowest BCUT2D eigenvalue weighted by Crippen LogP contribution is -2.31. The van der Waals surface area contributed by atoms with Crippen LogP contribution >= 0.6 is 11.8 Å². The molecule has 6 nitrogen and oxygen atoms in total. The Balaban J connectivity index is 1.58. The van der Waals surface area contributed by atoms with Crippen molar-refractivity contribution in [2.24, 2.45) is 0 Å². The van der Waals surface area contributed by atoms with Gasteiger partial charge in [-0.15, -0.1) is 0 Å². The maximum absolute atomic E-state index is 12.5. The standard InChI is InChI=1S/C22H20N2O4S/c1-14-4-3-5-16(12-14)13-19-21(27)24(22(28)29-19)11-10-20(26)23-18-8-6-17(7-9-18)15(2)25/h3-9,12-13H,10-11H2,1-2H3,(H,23,26)/b19-13-. The molecule has 1 saturated heterocycles. The topological polar surface area (TPSA) is 83.6 Å². The van der Waals surface area contributed by atoms with Gasteiger partial charge < -0.3 is 5.32 Å². The van der Waals surface area contributed by atoms with Crippen LogP contribution in [0.4, 0.5) is 10.5 Å². The summed E-state index contributed by atoms with van der Waals surface area (Å²) in [5.41, 5.74) is 3.02. The molecular weight excluding hydrogens is 388 g/mol. The van der Waals surface area contributed by atoms with Crippen molar-refractivity contribution < 1.29 is 19.2 Å². The molecule has 148 valence electrons. The number of anilines is 1. The van der Waals surface area contributed by atoms with Crippen LogP contribution in [0, 0.1) is 6.92 Å². The number of amides is 3. The second-order valence-corrected chi connectivity index (χ2v) is 7.67. The van der Waals surface area contributed by atoms with Crippen molar-refractivity contribution in [1.82, 2.24) is 4.90 Å². The van der Waals surface area contributed by atoms with Gasteiger partial charge in [0, 0.05) is 24.2 Å². The molecule has 3 amide bonds. The minimum Gasteiger partial charge on any atom is -0.326 e. The minimum absolute atomic E-state index is 0.00713. The van der Waals surface area contributed by atoms with E-state index in [1.54, 1.807) is 30.3 Å². The molecule has 0 atom stereocenters. The molecule has 7 heteroatoms. The van der Waals surface area contributed by atoms with E-state index in [1.807, 2.05) is 31.2 Å². The number of ketones is 1. The van der Waals surface area contributed by atoms with Crippen molar-refractivity contribution in [2.45, 2.75) is 20.3 Å². The molecule has 1 heterocycles. The summed E-state index contributed by atoms with van der Waals surface area (Å²) in [5.74, 6) is -0.761. The van der Waals surface area contributed by atoms with Crippen LogP contribution in [0.3, 0.4) is 0 Å². The fourth-order valence-corrected chi connectivity index (χ4v) is 3.69. The van der Waals surface area contributed by atoms with Crippen molar-refractivity contribution in [2.75, 3.05) is 11.9 Å². The number of benzene rings is 2. The summed E-state index contributed by atoms with van der Waals surface area (Å²) in [6.07, 6.45) is 1.68. The zero-order valence-electron chi connectivity index (χ0n) is 16.1. The first-order valence-corrected chi connectivity index (χ1v) is 9.88. The minimum atomic E-state index is -0.389. The number of nitrogens with one attached hydrogen (secondary N) is 1. The Labute approximate surface area is 173 Å². The first kappa shape index (κ1) is 20.5. The van der Waals surface area contributed by atoms with Crippen molar-refractivity contribution >= 4 is 46.4 Å². The average Bonchev–Trinajstić information content (AvgIpc) is 2.93. The number of imide groups is 1. The Morgan fingerprint density at radius 1 is 1.10 bits per heavy atom. The number of nitrogens with zero attached hydrogens (tertiary/aromatic N) is 1. The molecule has 0 aromatic heterocycles. The summed E-state index contributed by atoms with van der Waals surface area (Å²) in [6.45, 7) is 3.43. The molecule has 3 rings (SSSR count). The molecule has 1 aliphatic rings. The Hall–Kier alpha value is -3.19. The number of hydrogen-bond acceptors (Lipinski definition) is 5. The lowest BCUT2D eigenvalue weighted by molar-refractivity contribution is -0.123. The zero-order valence-corrected chi connectivity index (χ0v) is 16.9. The number of carbonyl (C=O) groups excluding carboxylic acids is 4. The Kier molecular flexibility index (Phi) is 6.29. The van der Waals surface area contributed by atoms with Gasteiger partial charge in [0.1, 0.15) is 0 Å². The van der Waals surface area contributed by atoms with Crippen molar-refractivity contribution in [1.29, 1.82) is 0 Å². The fourth-order valence-electron chi connectivity index (χ4n) is 2.83. The van der Waals surface area contributed by atoms with E-state index in [1.165, 1.54) is 6.92 Å². The van der Waals surface area contributed by atoms with E-state index in [0.717, 1.165) is 27.8 Å². The summed E-state index contributed by atoms with van der Waals surface area (Å²) >= 11 is 0.877. The third-order valence-electron chi connectivity index (χ3n) is 4.35. The first-order chi connectivity index (χ1) is 13.8. The van der Waals surface area contributed by atoms with Gasteiger partial charge in [-0.1, -0.05) is 29.8 Å². The van der Waals surface area contributed by atoms with E-state index >= 15 is 0 Å². The molecule has 0 aliphatic carbocycles. The van der Waals surface area contributed by atoms with Crippen molar-refractivity contribution in [3.05, 3.63) is 70.1 Å². The van der Waals surface area contributed by atoms with Gasteiger partial charge in [-0.2, -0.15) is 0 Å². The van der Waals surface area contributed by atoms with E-state index in [4.69, 9.17) is 0 Å². The molecule has 1 N–H and O–H groups in total. The van der Waals surface area contributed by atoms with Gasteiger partial charge in [-0.05, 0) is 61.5 Å². The number of carbonyl (C=O) groups is 4. The van der Waals surface area contributed by atoms with Gasteiger partial charge in [0.05, 0.1) is 4.91 Å². The lowest BCUT2D eigenvalue weighted by Gasteiger charge is -2.12. The Morgan fingerprint density at radius 2 is 1.83 bits per heavy atom. The molecule has 2 aromatic carbocycles. The van der Waals surface area contributed by atoms with Crippen LogP contribution in [0.25, 0.3) is 6.08 Å². The molecular formula is C22H20N2O4S. The molecule has 29 heavy (non-hydrogen) atoms. The van der Waals surface area contributed by atoms with E-state index < -0.39 is 0 Å². The maximum atomic E-state index is 12.5. The van der Waals surface area contributed by atoms with Crippen LogP contribution in [0.15, 0.2) is 53.4 Å². The fraction of sp³-hybridized carbons (Fsp3) is 0.182. The van der Waals surface area contributed by atoms with Crippen LogP contribution in [0.2, 0.25) is 0 Å². The quantitative estimate of drug-likeness (QED) is 0.570. The second-order valence-electron chi connectivity index (χ2n) is 6.68. The van der Waals surface area contributed by atoms with E-state index in [2.05, 4.69) is 5.32 Å². The highest BCUT2D eigenvalue weighted by atomic mass is 32.2. The largest absolute Gasteiger partial charge is 0.326 e. The van der Waals surface area contributed by atoms with Crippen LogP contribution in [-0.2, 0) is 9.59 Å². The van der Waals surface area contributed by atoms with Crippen LogP contribution in [-0.4, -0.2) is 34.3 Å². The van der Waals surface area contributed by atoms with Gasteiger partial charge in [-0.3, -0.25) is 24.1 Å². The zero-order chi connectivity index (χ0) is 21.0. The van der Waals surface area contributed by atoms with Crippen LogP contribution in [0.5, 0.6) is 0 Å².